The van der Waals surface area contributed by atoms with Crippen LogP contribution in [0.3, 0.4) is 0 Å². The van der Waals surface area contributed by atoms with Crippen LogP contribution in [-0.2, 0) is 4.46 Å². The molecule has 0 saturated carbocycles. The van der Waals surface area contributed by atoms with Gasteiger partial charge in [-0.15, -0.1) is 0 Å². The predicted octanol–water partition coefficient (Wildman–Crippen LogP) is 5.41. The summed E-state index contributed by atoms with van der Waals surface area (Å²) in [4.78, 5) is 0. The van der Waals surface area contributed by atoms with E-state index < -0.39 is 8.84 Å². The average molecular weight is 315 g/mol. The van der Waals surface area contributed by atoms with Crippen LogP contribution in [0.2, 0.25) is 6.04 Å². The maximum atomic E-state index is 10.9. The summed E-state index contributed by atoms with van der Waals surface area (Å²) >= 11 is 0. The summed E-state index contributed by atoms with van der Waals surface area (Å²) in [6.45, 7) is 2.28. The number of hydrogen-bond donors (Lipinski definition) is 1. The minimum Gasteiger partial charge on any atom is -0.361 e. The van der Waals surface area contributed by atoms with E-state index in [1.807, 2.05) is 0 Å². The number of unbranched alkanes of at least 4 members (excludes halogenated alkanes) is 15. The van der Waals surface area contributed by atoms with E-state index >= 15 is 0 Å². The zero-order valence-electron chi connectivity index (χ0n) is 14.6. The zero-order valence-corrected chi connectivity index (χ0v) is 15.6. The van der Waals surface area contributed by atoms with Gasteiger partial charge < -0.3 is 9.86 Å². The third-order valence-corrected chi connectivity index (χ3v) is 5.22. The molecule has 0 saturated heterocycles. The number of rotatable bonds is 17. The first kappa shape index (κ1) is 21.0. The van der Waals surface area contributed by atoms with Gasteiger partial charge in [0.2, 0.25) is 0 Å². The zero-order chi connectivity index (χ0) is 15.6. The van der Waals surface area contributed by atoms with Gasteiger partial charge in [-0.3, -0.25) is 0 Å². The molecule has 0 fully saturated rings. The number of quaternary nitrogens is 1. The highest BCUT2D eigenvalue weighted by Crippen LogP contribution is 2.13. The van der Waals surface area contributed by atoms with Crippen LogP contribution >= 0.6 is 0 Å². The largest absolute Gasteiger partial charge is 0.548 e. The van der Waals surface area contributed by atoms with Gasteiger partial charge >= 0.3 is 8.84 Å². The second-order valence-electron chi connectivity index (χ2n) is 6.59. The molecule has 3 heteroatoms. The smallest absolute Gasteiger partial charge is 0.361 e. The fourth-order valence-corrected chi connectivity index (χ4v) is 3.51. The topological polar surface area (TPSA) is 44.7 Å². The Hall–Kier alpha value is -0.0231. The molecule has 0 unspecified atom stereocenters. The Morgan fingerprint density at radius 1 is 0.571 bits per heavy atom. The molecule has 3 N–H and O–H groups in total. The van der Waals surface area contributed by atoms with Crippen molar-refractivity contribution < 1.29 is 9.86 Å². The summed E-state index contributed by atoms with van der Waals surface area (Å²) in [7, 11) is -1.45. The van der Waals surface area contributed by atoms with Gasteiger partial charge in [0.05, 0.1) is 0 Å². The van der Waals surface area contributed by atoms with Gasteiger partial charge in [-0.05, 0) is 6.42 Å². The first-order valence-corrected chi connectivity index (χ1v) is 11.4. The molecule has 0 heterocycles. The summed E-state index contributed by atoms with van der Waals surface area (Å²) < 4.78 is 10.9. The van der Waals surface area contributed by atoms with Crippen molar-refractivity contribution in [1.82, 2.24) is 0 Å². The van der Waals surface area contributed by atoms with Crippen LogP contribution in [-0.4, -0.2) is 8.84 Å². The molecule has 0 amide bonds. The van der Waals surface area contributed by atoms with Gasteiger partial charge in [-0.1, -0.05) is 103 Å². The second-order valence-corrected chi connectivity index (χ2v) is 8.17. The fourth-order valence-electron chi connectivity index (χ4n) is 2.87. The van der Waals surface area contributed by atoms with E-state index in [1.165, 1.54) is 96.3 Å². The van der Waals surface area contributed by atoms with Gasteiger partial charge in [0, 0.05) is 6.04 Å². The molecule has 0 spiro atoms. The van der Waals surface area contributed by atoms with Crippen LogP contribution in [0.15, 0.2) is 0 Å². The Bertz CT molecular complexity index is 221. The molecular weight excluding hydrogens is 274 g/mol. The first-order valence-electron chi connectivity index (χ1n) is 9.62. The third kappa shape index (κ3) is 20.0. The minimum atomic E-state index is -1.45. The van der Waals surface area contributed by atoms with Gasteiger partial charge in [0.15, 0.2) is 0 Å². The van der Waals surface area contributed by atoms with Gasteiger partial charge in [-0.25, -0.2) is 0 Å². The molecule has 126 valence electrons. The van der Waals surface area contributed by atoms with Crippen molar-refractivity contribution in [2.75, 3.05) is 0 Å². The van der Waals surface area contributed by atoms with Crippen molar-refractivity contribution in [3.63, 3.8) is 0 Å². The SMILES string of the molecule is CCCCCCCCCCCCCCCCCC[Si]([NH3+])=O. The Kier molecular flexibility index (Phi) is 18.0. The average Bonchev–Trinajstić information content (AvgIpc) is 2.46. The van der Waals surface area contributed by atoms with E-state index in [4.69, 9.17) is 0 Å². The van der Waals surface area contributed by atoms with Crippen LogP contribution in [0, 0.1) is 0 Å². The molecule has 0 bridgehead atoms. The maximum absolute atomic E-state index is 10.9. The van der Waals surface area contributed by atoms with Crippen LogP contribution in [0.1, 0.15) is 110 Å². The normalized spacial score (nSPS) is 11.0. The molecule has 0 radical (unpaired) electrons. The van der Waals surface area contributed by atoms with Crippen molar-refractivity contribution in [3.8, 4) is 0 Å². The van der Waals surface area contributed by atoms with Crippen molar-refractivity contribution in [3.05, 3.63) is 0 Å². The van der Waals surface area contributed by atoms with Crippen LogP contribution < -0.4 is 5.40 Å². The van der Waals surface area contributed by atoms with Crippen LogP contribution in [0.4, 0.5) is 0 Å². The number of hydrogen-bond acceptors (Lipinski definition) is 1. The Balaban J connectivity index is 2.95. The summed E-state index contributed by atoms with van der Waals surface area (Å²) in [6.07, 6.45) is 22.3. The van der Waals surface area contributed by atoms with Gasteiger partial charge in [0.25, 0.3) is 0 Å². The standard InChI is InChI=1S/C18H40NOSi/c1-2-3-4-5-6-7-8-9-10-11-12-13-14-15-16-17-18-21(19)20/h2-18H2,1,19H3/q+1. The first-order chi connectivity index (χ1) is 10.3. The molecule has 21 heavy (non-hydrogen) atoms. The summed E-state index contributed by atoms with van der Waals surface area (Å²) in [5.74, 6) is 0. The van der Waals surface area contributed by atoms with Crippen LogP contribution in [0.5, 0.6) is 0 Å². The summed E-state index contributed by atoms with van der Waals surface area (Å²) in [5, 5.41) is 3.59. The lowest BCUT2D eigenvalue weighted by Gasteiger charge is -2.03. The Morgan fingerprint density at radius 2 is 0.857 bits per heavy atom. The highest BCUT2D eigenvalue weighted by atomic mass is 28.3. The Labute approximate surface area is 135 Å². The van der Waals surface area contributed by atoms with Crippen molar-refractivity contribution in [2.24, 2.45) is 0 Å². The second kappa shape index (κ2) is 18.0. The molecule has 0 aromatic rings. The van der Waals surface area contributed by atoms with E-state index in [0.717, 1.165) is 12.5 Å². The van der Waals surface area contributed by atoms with Crippen molar-refractivity contribution in [2.45, 2.75) is 116 Å². The summed E-state index contributed by atoms with van der Waals surface area (Å²) in [5.41, 5.74) is 0. The lowest BCUT2D eigenvalue weighted by molar-refractivity contribution is -0.200. The minimum absolute atomic E-state index is 0.864. The van der Waals surface area contributed by atoms with E-state index in [-0.39, 0.29) is 0 Å². The molecular formula is C18H40NOSi+. The quantitative estimate of drug-likeness (QED) is 0.283. The molecule has 0 aromatic heterocycles. The molecule has 0 aliphatic carbocycles. The lowest BCUT2D eigenvalue weighted by atomic mass is 10.0. The van der Waals surface area contributed by atoms with E-state index in [0.29, 0.717) is 0 Å². The van der Waals surface area contributed by atoms with Gasteiger partial charge in [0.1, 0.15) is 0 Å². The van der Waals surface area contributed by atoms with Crippen LogP contribution in [0.25, 0.3) is 0 Å². The molecule has 0 atom stereocenters. The van der Waals surface area contributed by atoms with E-state index in [2.05, 4.69) is 12.3 Å². The molecule has 0 aliphatic heterocycles. The highest BCUT2D eigenvalue weighted by molar-refractivity contribution is 6.30. The van der Waals surface area contributed by atoms with Gasteiger partial charge in [-0.2, -0.15) is 0 Å². The van der Waals surface area contributed by atoms with Crippen molar-refractivity contribution >= 4 is 8.84 Å². The van der Waals surface area contributed by atoms with E-state index in [9.17, 15) is 4.46 Å². The molecule has 0 aromatic carbocycles. The molecule has 0 aliphatic rings. The fraction of sp³-hybridized carbons (Fsp3) is 1.00. The lowest BCUT2D eigenvalue weighted by Crippen LogP contribution is -2.58. The molecule has 2 nitrogen and oxygen atoms in total. The monoisotopic (exact) mass is 314 g/mol. The third-order valence-electron chi connectivity index (χ3n) is 4.31. The predicted molar refractivity (Wildman–Crippen MR) is 93.7 cm³/mol. The van der Waals surface area contributed by atoms with Crippen molar-refractivity contribution in [1.29, 1.82) is 0 Å². The molecule has 0 rings (SSSR count). The highest BCUT2D eigenvalue weighted by Gasteiger charge is 2.02. The maximum Gasteiger partial charge on any atom is 0.548 e. The summed E-state index contributed by atoms with van der Waals surface area (Å²) in [6, 6.07) is 0.864. The Morgan fingerprint density at radius 3 is 1.14 bits per heavy atom. The van der Waals surface area contributed by atoms with E-state index in [1.54, 1.807) is 0 Å².